The van der Waals surface area contributed by atoms with Crippen LogP contribution in [0.2, 0.25) is 0 Å². The highest BCUT2D eigenvalue weighted by atomic mass is 32.1. The van der Waals surface area contributed by atoms with E-state index in [-0.39, 0.29) is 16.7 Å². The molecule has 0 fully saturated rings. The Hall–Kier alpha value is -1.69. The zero-order valence-electron chi connectivity index (χ0n) is 15.7. The van der Waals surface area contributed by atoms with Crippen LogP contribution in [0.25, 0.3) is 0 Å². The monoisotopic (exact) mass is 368 g/mol. The normalized spacial score (nSPS) is 11.9. The summed E-state index contributed by atoms with van der Waals surface area (Å²) in [7, 11) is 1.63. The minimum Gasteiger partial charge on any atom is -0.465 e. The second kappa shape index (κ2) is 11.8. The SMILES string of the molecule is CCCCCC(C)(C)N(C)C(=O)O.NC(=O)[C@@H](S)Cc1ccccc1. The molecule has 0 aliphatic carbocycles. The zero-order chi connectivity index (χ0) is 19.5. The van der Waals surface area contributed by atoms with Crippen molar-refractivity contribution >= 4 is 24.6 Å². The Morgan fingerprint density at radius 1 is 1.24 bits per heavy atom. The first-order valence-corrected chi connectivity index (χ1v) is 9.11. The molecule has 1 aromatic carbocycles. The quantitative estimate of drug-likeness (QED) is 0.479. The molecule has 3 N–H and O–H groups in total. The zero-order valence-corrected chi connectivity index (χ0v) is 16.6. The number of thiol groups is 1. The van der Waals surface area contributed by atoms with Gasteiger partial charge >= 0.3 is 6.09 Å². The molecule has 1 rings (SSSR count). The molecule has 2 amide bonds. The van der Waals surface area contributed by atoms with Gasteiger partial charge in [-0.25, -0.2) is 4.79 Å². The van der Waals surface area contributed by atoms with Crippen LogP contribution < -0.4 is 5.73 Å². The molecule has 142 valence electrons. The number of hydrogen-bond acceptors (Lipinski definition) is 3. The van der Waals surface area contributed by atoms with E-state index < -0.39 is 6.09 Å². The maximum Gasteiger partial charge on any atom is 0.407 e. The second-order valence-electron chi connectivity index (χ2n) is 6.72. The smallest absolute Gasteiger partial charge is 0.407 e. The predicted molar refractivity (Wildman–Crippen MR) is 106 cm³/mol. The summed E-state index contributed by atoms with van der Waals surface area (Å²) in [6, 6.07) is 9.69. The van der Waals surface area contributed by atoms with Crippen molar-refractivity contribution < 1.29 is 14.7 Å². The molecule has 0 heterocycles. The Morgan fingerprint density at radius 2 is 1.80 bits per heavy atom. The van der Waals surface area contributed by atoms with Gasteiger partial charge < -0.3 is 15.7 Å². The highest BCUT2D eigenvalue weighted by molar-refractivity contribution is 7.81. The fraction of sp³-hybridized carbons (Fsp3) is 0.579. The lowest BCUT2D eigenvalue weighted by Crippen LogP contribution is -2.44. The standard InChI is InChI=1S/C10H21NO2.C9H11NOS/c1-5-6-7-8-10(2,3)11(4)9(12)13;10-9(11)8(12)6-7-4-2-1-3-5-7/h5-8H2,1-4H3,(H,12,13);1-5,8,12H,6H2,(H2,10,11)/t;8-/m.0/s1. The Bertz CT molecular complexity index is 521. The van der Waals surface area contributed by atoms with Crippen molar-refractivity contribution in [1.82, 2.24) is 4.90 Å². The molecule has 0 radical (unpaired) electrons. The van der Waals surface area contributed by atoms with Crippen molar-refractivity contribution in [3.63, 3.8) is 0 Å². The Balaban J connectivity index is 0.000000462. The minimum atomic E-state index is -0.846. The third kappa shape index (κ3) is 10.0. The number of carbonyl (C=O) groups excluding carboxylic acids is 1. The fourth-order valence-corrected chi connectivity index (χ4v) is 2.38. The van der Waals surface area contributed by atoms with Crippen LogP contribution in [0.1, 0.15) is 52.0 Å². The van der Waals surface area contributed by atoms with Crippen molar-refractivity contribution in [3.05, 3.63) is 35.9 Å². The second-order valence-corrected chi connectivity index (χ2v) is 7.34. The molecule has 6 heteroatoms. The number of unbranched alkanes of at least 4 members (excludes halogenated alkanes) is 2. The van der Waals surface area contributed by atoms with E-state index in [1.54, 1.807) is 7.05 Å². The maximum absolute atomic E-state index is 10.7. The molecule has 0 bridgehead atoms. The molecule has 5 nitrogen and oxygen atoms in total. The van der Waals surface area contributed by atoms with E-state index in [1.165, 1.54) is 17.7 Å². The summed E-state index contributed by atoms with van der Waals surface area (Å²) in [4.78, 5) is 22.7. The highest BCUT2D eigenvalue weighted by Crippen LogP contribution is 2.20. The number of hydrogen-bond donors (Lipinski definition) is 3. The van der Waals surface area contributed by atoms with E-state index in [0.717, 1.165) is 18.4 Å². The average Bonchev–Trinajstić information content (AvgIpc) is 2.55. The van der Waals surface area contributed by atoms with Gasteiger partial charge in [-0.1, -0.05) is 56.5 Å². The van der Waals surface area contributed by atoms with E-state index in [9.17, 15) is 9.59 Å². The first-order valence-electron chi connectivity index (χ1n) is 8.59. The van der Waals surface area contributed by atoms with E-state index in [2.05, 4.69) is 19.6 Å². The van der Waals surface area contributed by atoms with Crippen LogP contribution in [0.3, 0.4) is 0 Å². The van der Waals surface area contributed by atoms with Crippen LogP contribution in [0.15, 0.2) is 30.3 Å². The first-order chi connectivity index (χ1) is 11.6. The van der Waals surface area contributed by atoms with Crippen LogP contribution in [0.5, 0.6) is 0 Å². The number of nitrogens with zero attached hydrogens (tertiary/aromatic N) is 1. The number of nitrogens with two attached hydrogens (primary N) is 1. The molecule has 0 aliphatic rings. The first kappa shape index (κ1) is 23.3. The fourth-order valence-electron chi connectivity index (χ4n) is 2.17. The largest absolute Gasteiger partial charge is 0.465 e. The third-order valence-electron chi connectivity index (χ3n) is 4.19. The molecule has 1 aromatic rings. The van der Waals surface area contributed by atoms with Crippen molar-refractivity contribution in [2.45, 2.75) is 63.7 Å². The third-order valence-corrected chi connectivity index (χ3v) is 4.62. The molecule has 0 saturated heterocycles. The Kier molecular flexibility index (Phi) is 11.0. The van der Waals surface area contributed by atoms with E-state index in [0.29, 0.717) is 6.42 Å². The molecule has 25 heavy (non-hydrogen) atoms. The lowest BCUT2D eigenvalue weighted by Gasteiger charge is -2.33. The number of benzene rings is 1. The topological polar surface area (TPSA) is 83.6 Å². The highest BCUT2D eigenvalue weighted by Gasteiger charge is 2.26. The lowest BCUT2D eigenvalue weighted by atomic mass is 9.95. The summed E-state index contributed by atoms with van der Waals surface area (Å²) in [5.74, 6) is -0.373. The van der Waals surface area contributed by atoms with Gasteiger partial charge in [0.15, 0.2) is 0 Å². The van der Waals surface area contributed by atoms with Gasteiger partial charge in [0.1, 0.15) is 0 Å². The summed E-state index contributed by atoms with van der Waals surface area (Å²) in [6.45, 7) is 6.08. The van der Waals surface area contributed by atoms with Crippen molar-refractivity contribution in [3.8, 4) is 0 Å². The van der Waals surface area contributed by atoms with Crippen LogP contribution in [-0.2, 0) is 11.2 Å². The molecule has 0 aliphatic heterocycles. The van der Waals surface area contributed by atoms with E-state index >= 15 is 0 Å². The van der Waals surface area contributed by atoms with Crippen molar-refractivity contribution in [2.75, 3.05) is 7.05 Å². The summed E-state index contributed by atoms with van der Waals surface area (Å²) in [6.07, 6.45) is 4.13. The lowest BCUT2D eigenvalue weighted by molar-refractivity contribution is -0.117. The van der Waals surface area contributed by atoms with Gasteiger partial charge in [-0.2, -0.15) is 12.6 Å². The van der Waals surface area contributed by atoms with Gasteiger partial charge in [0.25, 0.3) is 0 Å². The average molecular weight is 369 g/mol. The molecular weight excluding hydrogens is 336 g/mol. The number of amides is 2. The molecule has 1 atom stereocenters. The van der Waals surface area contributed by atoms with E-state index in [4.69, 9.17) is 10.8 Å². The number of rotatable bonds is 8. The minimum absolute atomic E-state index is 0.235. The van der Waals surface area contributed by atoms with Gasteiger partial charge in [0.05, 0.1) is 5.25 Å². The van der Waals surface area contributed by atoms with E-state index in [1.807, 2.05) is 44.2 Å². The summed E-state index contributed by atoms with van der Waals surface area (Å²) in [5.41, 5.74) is 5.91. The number of carboxylic acid groups (broad SMARTS) is 1. The maximum atomic E-state index is 10.7. The molecule has 0 unspecified atom stereocenters. The van der Waals surface area contributed by atoms with Crippen molar-refractivity contribution in [2.24, 2.45) is 5.73 Å². The van der Waals surface area contributed by atoms with Gasteiger partial charge in [0.2, 0.25) is 5.91 Å². The van der Waals surface area contributed by atoms with Gasteiger partial charge in [0, 0.05) is 12.6 Å². The van der Waals surface area contributed by atoms with Crippen LogP contribution in [-0.4, -0.2) is 39.8 Å². The number of carbonyl (C=O) groups is 2. The van der Waals surface area contributed by atoms with Crippen LogP contribution in [0.4, 0.5) is 4.79 Å². The van der Waals surface area contributed by atoms with Gasteiger partial charge in [-0.15, -0.1) is 0 Å². The molecule has 0 aromatic heterocycles. The molecule has 0 spiro atoms. The number of primary amides is 1. The molecule has 0 saturated carbocycles. The summed E-state index contributed by atoms with van der Waals surface area (Å²) in [5, 5.41) is 8.42. The Labute approximate surface area is 157 Å². The van der Waals surface area contributed by atoms with Gasteiger partial charge in [-0.05, 0) is 32.3 Å². The van der Waals surface area contributed by atoms with Crippen LogP contribution >= 0.6 is 12.6 Å². The molecular formula is C19H32N2O3S. The summed E-state index contributed by atoms with van der Waals surface area (Å²) >= 11 is 4.06. The van der Waals surface area contributed by atoms with Crippen LogP contribution in [0, 0.1) is 0 Å². The Morgan fingerprint density at radius 3 is 2.24 bits per heavy atom. The van der Waals surface area contributed by atoms with Crippen molar-refractivity contribution in [1.29, 1.82) is 0 Å². The summed E-state index contributed by atoms with van der Waals surface area (Å²) < 4.78 is 0. The van der Waals surface area contributed by atoms with Gasteiger partial charge in [-0.3, -0.25) is 4.79 Å². The predicted octanol–water partition coefficient (Wildman–Crippen LogP) is 3.97.